The first kappa shape index (κ1) is 15.1. The lowest BCUT2D eigenvalue weighted by atomic mass is 9.95. The van der Waals surface area contributed by atoms with Crippen LogP contribution in [0.4, 0.5) is 0 Å². The number of benzene rings is 1. The molecule has 4 nitrogen and oxygen atoms in total. The van der Waals surface area contributed by atoms with Crippen molar-refractivity contribution >= 4 is 10.9 Å². The molecule has 1 aliphatic heterocycles. The molecule has 2 aromatic rings. The Morgan fingerprint density at radius 3 is 3.09 bits per heavy atom. The van der Waals surface area contributed by atoms with E-state index in [1.807, 2.05) is 24.3 Å². The summed E-state index contributed by atoms with van der Waals surface area (Å²) in [6, 6.07) is 7.92. The van der Waals surface area contributed by atoms with Crippen molar-refractivity contribution in [3.05, 3.63) is 30.5 Å². The van der Waals surface area contributed by atoms with E-state index in [0.29, 0.717) is 0 Å². The first-order valence-electron chi connectivity index (χ1n) is 8.13. The zero-order chi connectivity index (χ0) is 15.2. The molecule has 0 amide bonds. The maximum Gasteiger partial charge on any atom is 0.163 e. The van der Waals surface area contributed by atoms with Crippen molar-refractivity contribution in [2.45, 2.75) is 25.7 Å². The number of nitrogens with one attached hydrogen (secondary N) is 1. The number of piperidine rings is 1. The van der Waals surface area contributed by atoms with Gasteiger partial charge in [0.1, 0.15) is 0 Å². The van der Waals surface area contributed by atoms with Gasteiger partial charge in [0, 0.05) is 17.6 Å². The van der Waals surface area contributed by atoms with E-state index >= 15 is 0 Å². The van der Waals surface area contributed by atoms with Crippen LogP contribution in [0, 0.1) is 5.92 Å². The summed E-state index contributed by atoms with van der Waals surface area (Å²) in [5, 5.41) is 4.53. The van der Waals surface area contributed by atoms with Crippen LogP contribution in [0.25, 0.3) is 10.9 Å². The number of ether oxygens (including phenoxy) is 2. The highest BCUT2D eigenvalue weighted by Gasteiger charge is 2.13. The zero-order valence-corrected chi connectivity index (χ0v) is 13.2. The Kier molecular flexibility index (Phi) is 5.11. The highest BCUT2D eigenvalue weighted by molar-refractivity contribution is 5.82. The quantitative estimate of drug-likeness (QED) is 0.830. The molecule has 1 aromatic heterocycles. The Labute approximate surface area is 131 Å². The number of fused-ring (bicyclic) bond motifs is 1. The van der Waals surface area contributed by atoms with Crippen LogP contribution < -0.4 is 14.8 Å². The summed E-state index contributed by atoms with van der Waals surface area (Å²) in [7, 11) is 1.68. The van der Waals surface area contributed by atoms with E-state index in [9.17, 15) is 0 Å². The number of methoxy groups -OCH3 is 1. The summed E-state index contributed by atoms with van der Waals surface area (Å²) in [6.45, 7) is 3.06. The van der Waals surface area contributed by atoms with Crippen molar-refractivity contribution in [1.29, 1.82) is 0 Å². The third-order valence-electron chi connectivity index (χ3n) is 4.30. The smallest absolute Gasteiger partial charge is 0.163 e. The molecule has 2 heterocycles. The Morgan fingerprint density at radius 1 is 1.32 bits per heavy atom. The monoisotopic (exact) mass is 300 g/mol. The van der Waals surface area contributed by atoms with Gasteiger partial charge < -0.3 is 14.8 Å². The predicted molar refractivity (Wildman–Crippen MR) is 88.6 cm³/mol. The van der Waals surface area contributed by atoms with Crippen LogP contribution in [0.1, 0.15) is 25.7 Å². The van der Waals surface area contributed by atoms with Gasteiger partial charge in [-0.25, -0.2) is 0 Å². The molecule has 1 atom stereocenters. The second kappa shape index (κ2) is 7.45. The second-order valence-electron chi connectivity index (χ2n) is 5.90. The Balaban J connectivity index is 1.58. The minimum Gasteiger partial charge on any atom is -0.493 e. The topological polar surface area (TPSA) is 43.4 Å². The van der Waals surface area contributed by atoms with Gasteiger partial charge >= 0.3 is 0 Å². The van der Waals surface area contributed by atoms with Crippen LogP contribution in [0.15, 0.2) is 30.5 Å². The van der Waals surface area contributed by atoms with Crippen molar-refractivity contribution in [2.75, 3.05) is 26.8 Å². The van der Waals surface area contributed by atoms with Gasteiger partial charge in [-0.1, -0.05) is 6.07 Å². The summed E-state index contributed by atoms with van der Waals surface area (Å²) >= 11 is 0. The average Bonchev–Trinajstić information content (AvgIpc) is 2.59. The van der Waals surface area contributed by atoms with Crippen LogP contribution >= 0.6 is 0 Å². The molecule has 4 heteroatoms. The molecule has 1 aromatic carbocycles. The van der Waals surface area contributed by atoms with E-state index < -0.39 is 0 Å². The van der Waals surface area contributed by atoms with Gasteiger partial charge in [-0.3, -0.25) is 4.98 Å². The van der Waals surface area contributed by atoms with Gasteiger partial charge in [0.15, 0.2) is 11.5 Å². The van der Waals surface area contributed by atoms with E-state index in [-0.39, 0.29) is 0 Å². The molecule has 1 N–H and O–H groups in total. The molecule has 0 saturated carbocycles. The standard InChI is InChI=1S/C18H24N2O2/c1-21-17-11-15-7-3-9-20-16(15)12-18(17)22-10-4-6-14-5-2-8-19-13-14/h3,7,9,11-12,14,19H,2,4-6,8,10,13H2,1H3. The third kappa shape index (κ3) is 3.69. The summed E-state index contributed by atoms with van der Waals surface area (Å²) in [4.78, 5) is 4.38. The lowest BCUT2D eigenvalue weighted by molar-refractivity contribution is 0.264. The Hall–Kier alpha value is -1.81. The first-order chi connectivity index (χ1) is 10.9. The van der Waals surface area contributed by atoms with Gasteiger partial charge in [0.2, 0.25) is 0 Å². The number of hydrogen-bond acceptors (Lipinski definition) is 4. The average molecular weight is 300 g/mol. The molecule has 0 spiro atoms. The molecule has 0 bridgehead atoms. The number of nitrogens with zero attached hydrogens (tertiary/aromatic N) is 1. The molecule has 22 heavy (non-hydrogen) atoms. The fraction of sp³-hybridized carbons (Fsp3) is 0.500. The molecular weight excluding hydrogens is 276 g/mol. The van der Waals surface area contributed by atoms with Crippen LogP contribution in [0.5, 0.6) is 11.5 Å². The lowest BCUT2D eigenvalue weighted by Gasteiger charge is -2.22. The second-order valence-corrected chi connectivity index (χ2v) is 5.90. The van der Waals surface area contributed by atoms with Crippen LogP contribution in [-0.4, -0.2) is 31.8 Å². The molecule has 0 aliphatic carbocycles. The molecule has 1 unspecified atom stereocenters. The van der Waals surface area contributed by atoms with Crippen LogP contribution in [0.2, 0.25) is 0 Å². The van der Waals surface area contributed by atoms with Crippen molar-refractivity contribution in [3.8, 4) is 11.5 Å². The highest BCUT2D eigenvalue weighted by atomic mass is 16.5. The van der Waals surface area contributed by atoms with Gasteiger partial charge in [0.05, 0.1) is 19.2 Å². The van der Waals surface area contributed by atoms with Gasteiger partial charge in [-0.15, -0.1) is 0 Å². The summed E-state index contributed by atoms with van der Waals surface area (Å²) in [5.41, 5.74) is 0.940. The minimum absolute atomic E-state index is 0.727. The van der Waals surface area contributed by atoms with E-state index in [2.05, 4.69) is 10.3 Å². The summed E-state index contributed by atoms with van der Waals surface area (Å²) in [5.74, 6) is 2.37. The van der Waals surface area contributed by atoms with E-state index in [4.69, 9.17) is 9.47 Å². The molecule has 1 fully saturated rings. The molecular formula is C18H24N2O2. The fourth-order valence-corrected chi connectivity index (χ4v) is 3.08. The predicted octanol–water partition coefficient (Wildman–Crippen LogP) is 3.40. The van der Waals surface area contributed by atoms with Gasteiger partial charge in [-0.05, 0) is 56.8 Å². The van der Waals surface area contributed by atoms with Crippen LogP contribution in [-0.2, 0) is 0 Å². The lowest BCUT2D eigenvalue weighted by Crippen LogP contribution is -2.29. The molecule has 1 aliphatic rings. The number of rotatable bonds is 6. The Morgan fingerprint density at radius 2 is 2.27 bits per heavy atom. The minimum atomic E-state index is 0.727. The molecule has 3 rings (SSSR count). The van der Waals surface area contributed by atoms with Crippen molar-refractivity contribution < 1.29 is 9.47 Å². The summed E-state index contributed by atoms with van der Waals surface area (Å²) < 4.78 is 11.4. The summed E-state index contributed by atoms with van der Waals surface area (Å²) in [6.07, 6.45) is 6.75. The van der Waals surface area contributed by atoms with Crippen molar-refractivity contribution in [3.63, 3.8) is 0 Å². The van der Waals surface area contributed by atoms with E-state index in [1.165, 1.54) is 25.8 Å². The van der Waals surface area contributed by atoms with E-state index in [1.54, 1.807) is 13.3 Å². The zero-order valence-electron chi connectivity index (χ0n) is 13.2. The normalized spacial score (nSPS) is 18.3. The van der Waals surface area contributed by atoms with Crippen LogP contribution in [0.3, 0.4) is 0 Å². The SMILES string of the molecule is COc1cc2cccnc2cc1OCCCC1CCCNC1. The highest BCUT2D eigenvalue weighted by Crippen LogP contribution is 2.31. The first-order valence-corrected chi connectivity index (χ1v) is 8.13. The fourth-order valence-electron chi connectivity index (χ4n) is 3.08. The van der Waals surface area contributed by atoms with Gasteiger partial charge in [-0.2, -0.15) is 0 Å². The number of aromatic nitrogens is 1. The van der Waals surface area contributed by atoms with Gasteiger partial charge in [0.25, 0.3) is 0 Å². The molecule has 118 valence electrons. The molecule has 0 radical (unpaired) electrons. The molecule has 1 saturated heterocycles. The Bertz CT molecular complexity index is 609. The largest absolute Gasteiger partial charge is 0.493 e. The maximum atomic E-state index is 5.94. The van der Waals surface area contributed by atoms with Crippen molar-refractivity contribution in [2.24, 2.45) is 5.92 Å². The van der Waals surface area contributed by atoms with E-state index in [0.717, 1.165) is 47.9 Å². The number of hydrogen-bond donors (Lipinski definition) is 1. The third-order valence-corrected chi connectivity index (χ3v) is 4.30. The number of pyridine rings is 1. The maximum absolute atomic E-state index is 5.94. The van der Waals surface area contributed by atoms with Crippen molar-refractivity contribution in [1.82, 2.24) is 10.3 Å².